The highest BCUT2D eigenvalue weighted by Gasteiger charge is 2.46. The second-order valence-electron chi connectivity index (χ2n) is 7.14. The van der Waals surface area contributed by atoms with Gasteiger partial charge in [-0.25, -0.2) is 9.37 Å². The Bertz CT molecular complexity index is 861. The maximum atomic E-state index is 14.0. The van der Waals surface area contributed by atoms with E-state index in [1.54, 1.807) is 17.0 Å². The van der Waals surface area contributed by atoms with Gasteiger partial charge in [-0.2, -0.15) is 0 Å². The number of carbonyl (C=O) groups excluding carboxylic acids is 1. The van der Waals surface area contributed by atoms with E-state index in [0.29, 0.717) is 12.1 Å². The van der Waals surface area contributed by atoms with E-state index in [0.717, 1.165) is 37.2 Å². The molecule has 2 aliphatic heterocycles. The van der Waals surface area contributed by atoms with Gasteiger partial charge in [-0.3, -0.25) is 4.79 Å². The predicted octanol–water partition coefficient (Wildman–Crippen LogP) is 4.15. The molecule has 0 aliphatic carbocycles. The first-order valence-corrected chi connectivity index (χ1v) is 9.27. The van der Waals surface area contributed by atoms with Crippen LogP contribution in [0.5, 0.6) is 0 Å². The lowest BCUT2D eigenvalue weighted by molar-refractivity contribution is 0.0979. The number of fused-ring (bicyclic) bond motifs is 2. The Morgan fingerprint density at radius 3 is 2.46 bits per heavy atom. The molecule has 1 aromatic carbocycles. The lowest BCUT2D eigenvalue weighted by atomic mass is 9.74. The van der Waals surface area contributed by atoms with Crippen LogP contribution in [-0.2, 0) is 5.41 Å². The number of hydrogen-bond donors (Lipinski definition) is 0. The van der Waals surface area contributed by atoms with Gasteiger partial charge >= 0.3 is 0 Å². The summed E-state index contributed by atoms with van der Waals surface area (Å²) in [6.45, 7) is 2.38. The number of halogens is 3. The van der Waals surface area contributed by atoms with E-state index in [4.69, 9.17) is 23.2 Å². The van der Waals surface area contributed by atoms with Crippen molar-refractivity contribution in [3.05, 3.63) is 57.6 Å². The van der Waals surface area contributed by atoms with Gasteiger partial charge in [0.2, 0.25) is 0 Å². The molecule has 4 nitrogen and oxygen atoms in total. The number of likely N-dealkylation sites (tertiary alicyclic amines) is 1. The summed E-state index contributed by atoms with van der Waals surface area (Å²) in [5.74, 6) is -0.466. The van der Waals surface area contributed by atoms with Crippen LogP contribution in [-0.4, -0.2) is 42.5 Å². The molecule has 0 N–H and O–H groups in total. The van der Waals surface area contributed by atoms with E-state index in [1.165, 1.54) is 18.2 Å². The first kappa shape index (κ1) is 17.7. The maximum Gasteiger partial charge on any atom is 0.258 e. The number of hydrogen-bond acceptors (Lipinski definition) is 3. The van der Waals surface area contributed by atoms with Gasteiger partial charge in [0.05, 0.1) is 0 Å². The summed E-state index contributed by atoms with van der Waals surface area (Å²) in [6, 6.07) is 7.71. The van der Waals surface area contributed by atoms with Crippen molar-refractivity contribution in [2.24, 2.45) is 0 Å². The Labute approximate surface area is 161 Å². The number of aromatic nitrogens is 1. The van der Waals surface area contributed by atoms with Crippen molar-refractivity contribution in [1.82, 2.24) is 9.88 Å². The van der Waals surface area contributed by atoms with Gasteiger partial charge in [0.15, 0.2) is 0 Å². The third-order valence-electron chi connectivity index (χ3n) is 5.48. The Hall–Kier alpha value is -1.69. The Kier molecular flexibility index (Phi) is 4.41. The highest BCUT2D eigenvalue weighted by Crippen LogP contribution is 2.47. The van der Waals surface area contributed by atoms with Crippen molar-refractivity contribution in [1.29, 1.82) is 0 Å². The molecule has 0 unspecified atom stereocenters. The molecule has 1 aromatic heterocycles. The predicted molar refractivity (Wildman–Crippen MR) is 101 cm³/mol. The summed E-state index contributed by atoms with van der Waals surface area (Å²) < 4.78 is 14.0. The minimum Gasteiger partial charge on any atom is -0.307 e. The molecule has 1 amide bonds. The van der Waals surface area contributed by atoms with E-state index in [2.05, 4.69) is 16.9 Å². The van der Waals surface area contributed by atoms with Crippen LogP contribution in [0.15, 0.2) is 30.3 Å². The second kappa shape index (κ2) is 6.48. The summed E-state index contributed by atoms with van der Waals surface area (Å²) in [4.78, 5) is 21.0. The fourth-order valence-corrected chi connectivity index (χ4v) is 4.50. The molecule has 0 atom stereocenters. The van der Waals surface area contributed by atoms with Crippen molar-refractivity contribution in [2.75, 3.05) is 31.6 Å². The number of nitrogens with zero attached hydrogens (tertiary/aromatic N) is 3. The smallest absolute Gasteiger partial charge is 0.258 e. The standard InChI is InChI=1S/C19H18Cl2FN3O/c1-24-6-4-19(5-7-24)11-25(15-3-2-13(22)10-14(15)19)18(26)12-8-16(20)23-17(21)9-12/h2-3,8-10H,4-7,11H2,1H3. The Balaban J connectivity index is 1.75. The van der Waals surface area contributed by atoms with Gasteiger partial charge < -0.3 is 9.80 Å². The molecule has 3 heterocycles. The van der Waals surface area contributed by atoms with Gasteiger partial charge in [0.1, 0.15) is 16.1 Å². The fourth-order valence-electron chi connectivity index (χ4n) is 4.04. The molecule has 0 radical (unpaired) electrons. The molecular formula is C19H18Cl2FN3O. The number of pyridine rings is 1. The quantitative estimate of drug-likeness (QED) is 0.682. The molecule has 2 aliphatic rings. The highest BCUT2D eigenvalue weighted by atomic mass is 35.5. The van der Waals surface area contributed by atoms with Crippen LogP contribution < -0.4 is 4.90 Å². The van der Waals surface area contributed by atoms with E-state index in [1.807, 2.05) is 0 Å². The summed E-state index contributed by atoms with van der Waals surface area (Å²) in [5.41, 5.74) is 1.87. The summed E-state index contributed by atoms with van der Waals surface area (Å²) in [5, 5.41) is 0.349. The van der Waals surface area contributed by atoms with Crippen molar-refractivity contribution in [3.8, 4) is 0 Å². The van der Waals surface area contributed by atoms with Gasteiger partial charge in [-0.05, 0) is 68.9 Å². The van der Waals surface area contributed by atoms with Gasteiger partial charge in [-0.15, -0.1) is 0 Å². The zero-order valence-electron chi connectivity index (χ0n) is 14.3. The van der Waals surface area contributed by atoms with Crippen LogP contribution in [0.2, 0.25) is 10.3 Å². The molecule has 0 saturated carbocycles. The average Bonchev–Trinajstić information content (AvgIpc) is 2.90. The number of carbonyl (C=O) groups is 1. The monoisotopic (exact) mass is 393 g/mol. The summed E-state index contributed by atoms with van der Waals surface area (Å²) in [7, 11) is 2.08. The molecular weight excluding hydrogens is 376 g/mol. The van der Waals surface area contributed by atoms with Crippen molar-refractivity contribution in [3.63, 3.8) is 0 Å². The van der Waals surface area contributed by atoms with Crippen molar-refractivity contribution >= 4 is 34.8 Å². The summed E-state index contributed by atoms with van der Waals surface area (Å²) >= 11 is 11.9. The lowest BCUT2D eigenvalue weighted by Crippen LogP contribution is -2.44. The minimum absolute atomic E-state index is 0.174. The number of piperidine rings is 1. The Morgan fingerprint density at radius 2 is 1.81 bits per heavy atom. The van der Waals surface area contributed by atoms with E-state index < -0.39 is 0 Å². The second-order valence-corrected chi connectivity index (χ2v) is 7.91. The topological polar surface area (TPSA) is 36.4 Å². The van der Waals surface area contributed by atoms with Crippen molar-refractivity contribution < 1.29 is 9.18 Å². The van der Waals surface area contributed by atoms with Gasteiger partial charge in [0, 0.05) is 23.2 Å². The molecule has 26 heavy (non-hydrogen) atoms. The van der Waals surface area contributed by atoms with Gasteiger partial charge in [0.25, 0.3) is 5.91 Å². The zero-order chi connectivity index (χ0) is 18.5. The third-order valence-corrected chi connectivity index (χ3v) is 5.87. The molecule has 1 fully saturated rings. The first-order chi connectivity index (χ1) is 12.4. The first-order valence-electron chi connectivity index (χ1n) is 8.51. The molecule has 136 valence electrons. The van der Waals surface area contributed by atoms with Crippen LogP contribution in [0.1, 0.15) is 28.8 Å². The molecule has 7 heteroatoms. The van der Waals surface area contributed by atoms with E-state index in [-0.39, 0.29) is 27.4 Å². The van der Waals surface area contributed by atoms with Gasteiger partial charge in [-0.1, -0.05) is 23.2 Å². The molecule has 1 spiro atoms. The zero-order valence-corrected chi connectivity index (χ0v) is 15.8. The number of rotatable bonds is 1. The third kappa shape index (κ3) is 2.98. The van der Waals surface area contributed by atoms with Crippen molar-refractivity contribution in [2.45, 2.75) is 18.3 Å². The minimum atomic E-state index is -0.272. The molecule has 0 bridgehead atoms. The van der Waals surface area contributed by atoms with Crippen LogP contribution in [0.4, 0.5) is 10.1 Å². The molecule has 4 rings (SSSR count). The highest BCUT2D eigenvalue weighted by molar-refractivity contribution is 6.33. The fraction of sp³-hybridized carbons (Fsp3) is 0.368. The number of benzene rings is 1. The average molecular weight is 394 g/mol. The maximum absolute atomic E-state index is 14.0. The number of anilines is 1. The van der Waals surface area contributed by atoms with Crippen LogP contribution in [0, 0.1) is 5.82 Å². The molecule has 2 aromatic rings. The van der Waals surface area contributed by atoms with Crippen LogP contribution in [0.3, 0.4) is 0 Å². The Morgan fingerprint density at radius 1 is 1.15 bits per heavy atom. The SMILES string of the molecule is CN1CCC2(CC1)CN(C(=O)c1cc(Cl)nc(Cl)c1)c1ccc(F)cc12. The van der Waals surface area contributed by atoms with Crippen LogP contribution >= 0.6 is 23.2 Å². The van der Waals surface area contributed by atoms with E-state index in [9.17, 15) is 9.18 Å². The van der Waals surface area contributed by atoms with Crippen LogP contribution in [0.25, 0.3) is 0 Å². The summed E-state index contributed by atoms with van der Waals surface area (Å²) in [6.07, 6.45) is 1.78. The lowest BCUT2D eigenvalue weighted by Gasteiger charge is -2.38. The normalized spacial score (nSPS) is 19.0. The van der Waals surface area contributed by atoms with E-state index >= 15 is 0 Å². The largest absolute Gasteiger partial charge is 0.307 e. The number of amides is 1. The molecule has 1 saturated heterocycles.